The molecule has 1 aromatic heterocycles. The van der Waals surface area contributed by atoms with Crippen molar-refractivity contribution in [3.05, 3.63) is 27.4 Å². The van der Waals surface area contributed by atoms with Gasteiger partial charge in [0, 0.05) is 19.0 Å². The summed E-state index contributed by atoms with van der Waals surface area (Å²) in [5.74, 6) is -0.0342. The second-order valence-electron chi connectivity index (χ2n) is 5.53. The largest absolute Gasteiger partial charge is 0.353 e. The molecule has 1 unspecified atom stereocenters. The van der Waals surface area contributed by atoms with Crippen molar-refractivity contribution in [1.29, 1.82) is 0 Å². The van der Waals surface area contributed by atoms with Gasteiger partial charge in [-0.3, -0.25) is 14.4 Å². The highest BCUT2D eigenvalue weighted by Gasteiger charge is 2.32. The fourth-order valence-corrected chi connectivity index (χ4v) is 2.34. The second-order valence-corrected chi connectivity index (χ2v) is 5.53. The van der Waals surface area contributed by atoms with Crippen LogP contribution in [0.2, 0.25) is 0 Å². The summed E-state index contributed by atoms with van der Waals surface area (Å²) in [4.78, 5) is 44.8. The van der Waals surface area contributed by atoms with Crippen LogP contribution in [0.4, 0.5) is 0 Å². The maximum absolute atomic E-state index is 12.6. The van der Waals surface area contributed by atoms with E-state index < -0.39 is 17.5 Å². The van der Waals surface area contributed by atoms with Gasteiger partial charge in [-0.1, -0.05) is 13.8 Å². The highest BCUT2D eigenvalue weighted by molar-refractivity contribution is 5.98. The first kappa shape index (κ1) is 15.2. The van der Waals surface area contributed by atoms with E-state index in [0.717, 1.165) is 0 Å². The van der Waals surface area contributed by atoms with Crippen molar-refractivity contribution in [2.24, 2.45) is 0 Å². The lowest BCUT2D eigenvalue weighted by Crippen LogP contribution is -2.56. The Balaban J connectivity index is 2.40. The first-order valence-corrected chi connectivity index (χ1v) is 7.02. The standard InChI is InChI=1S/C14H20N4O3/c1-7(2)11-16-8(3)10(13(20)17-11)14(21)18-6-5-15-12(19)9(18)4/h7,9H,5-6H2,1-4H3,(H,15,19)(H,16,17,20). The van der Waals surface area contributed by atoms with Gasteiger partial charge in [-0.05, 0) is 13.8 Å². The molecular weight excluding hydrogens is 272 g/mol. The Kier molecular flexibility index (Phi) is 4.11. The van der Waals surface area contributed by atoms with E-state index in [-0.39, 0.29) is 17.4 Å². The first-order chi connectivity index (χ1) is 9.82. The lowest BCUT2D eigenvalue weighted by atomic mass is 10.1. The van der Waals surface area contributed by atoms with Crippen molar-refractivity contribution in [1.82, 2.24) is 20.2 Å². The molecule has 0 bridgehead atoms. The average Bonchev–Trinajstić information content (AvgIpc) is 2.40. The molecule has 0 saturated carbocycles. The zero-order valence-corrected chi connectivity index (χ0v) is 12.7. The number of hydrogen-bond acceptors (Lipinski definition) is 4. The lowest BCUT2D eigenvalue weighted by molar-refractivity contribution is -0.127. The van der Waals surface area contributed by atoms with Crippen LogP contribution >= 0.6 is 0 Å². The maximum atomic E-state index is 12.6. The third-order valence-corrected chi connectivity index (χ3v) is 3.64. The van der Waals surface area contributed by atoms with Crippen LogP contribution in [-0.2, 0) is 4.79 Å². The van der Waals surface area contributed by atoms with Gasteiger partial charge in [-0.15, -0.1) is 0 Å². The van der Waals surface area contributed by atoms with E-state index >= 15 is 0 Å². The summed E-state index contributed by atoms with van der Waals surface area (Å²) >= 11 is 0. The SMILES string of the molecule is Cc1nc(C(C)C)[nH]c(=O)c1C(=O)N1CCNC(=O)C1C. The van der Waals surface area contributed by atoms with Crippen LogP contribution in [0.3, 0.4) is 0 Å². The summed E-state index contributed by atoms with van der Waals surface area (Å²) in [6.07, 6.45) is 0. The Morgan fingerprint density at radius 1 is 1.38 bits per heavy atom. The van der Waals surface area contributed by atoms with Crippen LogP contribution < -0.4 is 10.9 Å². The topological polar surface area (TPSA) is 95.2 Å². The number of aromatic amines is 1. The van der Waals surface area contributed by atoms with E-state index in [2.05, 4.69) is 15.3 Å². The first-order valence-electron chi connectivity index (χ1n) is 7.02. The third kappa shape index (κ3) is 2.81. The van der Waals surface area contributed by atoms with Gasteiger partial charge in [0.1, 0.15) is 17.4 Å². The van der Waals surface area contributed by atoms with Crippen molar-refractivity contribution in [3.63, 3.8) is 0 Å². The van der Waals surface area contributed by atoms with Gasteiger partial charge in [0.05, 0.1) is 5.69 Å². The second kappa shape index (κ2) is 5.67. The summed E-state index contributed by atoms with van der Waals surface area (Å²) in [5, 5.41) is 2.69. The van der Waals surface area contributed by atoms with Gasteiger partial charge in [-0.2, -0.15) is 0 Å². The molecule has 1 aromatic rings. The Bertz CT molecular complexity index is 636. The summed E-state index contributed by atoms with van der Waals surface area (Å²) in [7, 11) is 0. The quantitative estimate of drug-likeness (QED) is 0.812. The Morgan fingerprint density at radius 3 is 2.62 bits per heavy atom. The van der Waals surface area contributed by atoms with Crippen molar-refractivity contribution >= 4 is 11.8 Å². The molecule has 2 heterocycles. The van der Waals surface area contributed by atoms with Gasteiger partial charge >= 0.3 is 0 Å². The highest BCUT2D eigenvalue weighted by Crippen LogP contribution is 2.13. The molecule has 1 atom stereocenters. The summed E-state index contributed by atoms with van der Waals surface area (Å²) < 4.78 is 0. The lowest BCUT2D eigenvalue weighted by Gasteiger charge is -2.32. The number of aryl methyl sites for hydroxylation is 1. The van der Waals surface area contributed by atoms with Gasteiger partial charge < -0.3 is 15.2 Å². The summed E-state index contributed by atoms with van der Waals surface area (Å²) in [6.45, 7) is 7.89. The van der Waals surface area contributed by atoms with Gasteiger partial charge in [0.2, 0.25) is 5.91 Å². The normalized spacial score (nSPS) is 18.8. The van der Waals surface area contributed by atoms with E-state index in [4.69, 9.17) is 0 Å². The Labute approximate surface area is 122 Å². The minimum Gasteiger partial charge on any atom is -0.353 e. The molecule has 1 saturated heterocycles. The molecule has 2 amide bonds. The van der Waals surface area contributed by atoms with Gasteiger partial charge in [0.15, 0.2) is 0 Å². The number of amides is 2. The highest BCUT2D eigenvalue weighted by atomic mass is 16.2. The minimum atomic E-state index is -0.588. The minimum absolute atomic E-state index is 0.0148. The smallest absolute Gasteiger partial charge is 0.264 e. The Hall–Kier alpha value is -2.18. The van der Waals surface area contributed by atoms with E-state index in [1.807, 2.05) is 13.8 Å². The molecule has 1 fully saturated rings. The molecule has 21 heavy (non-hydrogen) atoms. The third-order valence-electron chi connectivity index (χ3n) is 3.64. The monoisotopic (exact) mass is 292 g/mol. The average molecular weight is 292 g/mol. The summed E-state index contributed by atoms with van der Waals surface area (Å²) in [6, 6.07) is -0.588. The van der Waals surface area contributed by atoms with Crippen LogP contribution in [0.25, 0.3) is 0 Å². The molecule has 0 radical (unpaired) electrons. The van der Waals surface area contributed by atoms with Crippen LogP contribution in [0, 0.1) is 6.92 Å². The number of rotatable bonds is 2. The van der Waals surface area contributed by atoms with Crippen molar-refractivity contribution in [2.75, 3.05) is 13.1 Å². The number of hydrogen-bond donors (Lipinski definition) is 2. The maximum Gasteiger partial charge on any atom is 0.264 e. The molecule has 0 aliphatic carbocycles. The number of carbonyl (C=O) groups excluding carboxylic acids is 2. The molecule has 0 aromatic carbocycles. The number of nitrogens with zero attached hydrogens (tertiary/aromatic N) is 2. The van der Waals surface area contributed by atoms with Crippen LogP contribution in [0.1, 0.15) is 48.6 Å². The van der Waals surface area contributed by atoms with E-state index in [9.17, 15) is 14.4 Å². The van der Waals surface area contributed by atoms with Gasteiger partial charge in [-0.25, -0.2) is 4.98 Å². The predicted molar refractivity (Wildman–Crippen MR) is 77.2 cm³/mol. The van der Waals surface area contributed by atoms with Crippen molar-refractivity contribution in [3.8, 4) is 0 Å². The molecule has 1 aliphatic heterocycles. The number of piperazine rings is 1. The zero-order valence-electron chi connectivity index (χ0n) is 12.7. The number of carbonyl (C=O) groups is 2. The molecule has 1 aliphatic rings. The number of nitrogens with one attached hydrogen (secondary N) is 2. The predicted octanol–water partition coefficient (Wildman–Crippen LogP) is 0.162. The van der Waals surface area contributed by atoms with Crippen LogP contribution in [-0.4, -0.2) is 45.8 Å². The molecular formula is C14H20N4O3. The summed E-state index contributed by atoms with van der Waals surface area (Å²) in [5.41, 5.74) is -0.0408. The van der Waals surface area contributed by atoms with Crippen LogP contribution in [0.15, 0.2) is 4.79 Å². The molecule has 7 heteroatoms. The van der Waals surface area contributed by atoms with E-state index in [1.54, 1.807) is 13.8 Å². The number of aromatic nitrogens is 2. The molecule has 114 valence electrons. The van der Waals surface area contributed by atoms with E-state index in [1.165, 1.54) is 4.90 Å². The van der Waals surface area contributed by atoms with Crippen molar-refractivity contribution < 1.29 is 9.59 Å². The molecule has 7 nitrogen and oxygen atoms in total. The molecule has 0 spiro atoms. The number of H-pyrrole nitrogens is 1. The van der Waals surface area contributed by atoms with Crippen molar-refractivity contribution in [2.45, 2.75) is 39.7 Å². The van der Waals surface area contributed by atoms with Gasteiger partial charge in [0.25, 0.3) is 11.5 Å². The van der Waals surface area contributed by atoms with Crippen LogP contribution in [0.5, 0.6) is 0 Å². The van der Waals surface area contributed by atoms with E-state index in [0.29, 0.717) is 24.6 Å². The Morgan fingerprint density at radius 2 is 2.05 bits per heavy atom. The fourth-order valence-electron chi connectivity index (χ4n) is 2.34. The fraction of sp³-hybridized carbons (Fsp3) is 0.571. The molecule has 2 N–H and O–H groups in total. The zero-order chi connectivity index (χ0) is 15.7. The molecule has 2 rings (SSSR count).